The summed E-state index contributed by atoms with van der Waals surface area (Å²) in [7, 11) is 0. The van der Waals surface area contributed by atoms with Crippen LogP contribution in [-0.4, -0.2) is 17.7 Å². The number of benzene rings is 2. The van der Waals surface area contributed by atoms with Crippen LogP contribution in [0.15, 0.2) is 48.5 Å². The lowest BCUT2D eigenvalue weighted by atomic mass is 9.76. The van der Waals surface area contributed by atoms with E-state index in [1.807, 2.05) is 31.2 Å². The largest absolute Gasteiger partial charge is 0.322 e. The second-order valence-electron chi connectivity index (χ2n) is 7.96. The molecule has 2 aliphatic rings. The lowest BCUT2D eigenvalue weighted by Crippen LogP contribution is -2.31. The number of fused-ring (bicyclic) bond motifs is 1. The van der Waals surface area contributed by atoms with Crippen LogP contribution in [0.3, 0.4) is 0 Å². The van der Waals surface area contributed by atoms with Crippen LogP contribution in [-0.2, 0) is 9.59 Å². The molecule has 0 aromatic heterocycles. The smallest absolute Gasteiger partial charge is 0.255 e. The summed E-state index contributed by atoms with van der Waals surface area (Å²) in [5, 5.41) is 2.90. The minimum Gasteiger partial charge on any atom is -0.322 e. The van der Waals surface area contributed by atoms with Crippen LogP contribution in [0.1, 0.15) is 42.1 Å². The lowest BCUT2D eigenvalue weighted by molar-refractivity contribution is -0.122. The van der Waals surface area contributed by atoms with E-state index in [1.165, 1.54) is 4.90 Å². The third-order valence-corrected chi connectivity index (χ3v) is 5.95. The standard InChI is InChI=1S/C23H24N2O3/c1-14-10-11-18-19(12-14)23(28)25(22(18)27)17-8-5-7-16(13-17)21(26)24-20-9-4-3-6-15(20)2/h3-9,13-14,18-19H,10-12H2,1-2H3,(H,24,26)/t14-,18-,19+/m0/s1. The Balaban J connectivity index is 1.59. The van der Waals surface area contributed by atoms with Crippen LogP contribution < -0.4 is 10.2 Å². The molecule has 0 bridgehead atoms. The van der Waals surface area contributed by atoms with Crippen molar-refractivity contribution < 1.29 is 14.4 Å². The van der Waals surface area contributed by atoms with Gasteiger partial charge in [-0.25, -0.2) is 0 Å². The number of aryl methyl sites for hydroxylation is 1. The molecule has 3 amide bonds. The zero-order valence-corrected chi connectivity index (χ0v) is 16.1. The number of hydrogen-bond acceptors (Lipinski definition) is 3. The van der Waals surface area contributed by atoms with Gasteiger partial charge in [-0.15, -0.1) is 0 Å². The summed E-state index contributed by atoms with van der Waals surface area (Å²) in [4.78, 5) is 39.8. The summed E-state index contributed by atoms with van der Waals surface area (Å²) >= 11 is 0. The number of para-hydroxylation sites is 1. The summed E-state index contributed by atoms with van der Waals surface area (Å²) in [6.07, 6.45) is 2.51. The number of nitrogens with zero attached hydrogens (tertiary/aromatic N) is 1. The molecule has 1 saturated carbocycles. The van der Waals surface area contributed by atoms with Gasteiger partial charge in [-0.05, 0) is 61.9 Å². The van der Waals surface area contributed by atoms with E-state index < -0.39 is 0 Å². The highest BCUT2D eigenvalue weighted by Crippen LogP contribution is 2.42. The first-order chi connectivity index (χ1) is 13.5. The van der Waals surface area contributed by atoms with Gasteiger partial charge in [-0.1, -0.05) is 31.2 Å². The van der Waals surface area contributed by atoms with Gasteiger partial charge in [-0.3, -0.25) is 19.3 Å². The average Bonchev–Trinajstić information content (AvgIpc) is 2.93. The molecule has 0 radical (unpaired) electrons. The minimum atomic E-state index is -0.263. The number of carbonyl (C=O) groups excluding carboxylic acids is 3. The highest BCUT2D eigenvalue weighted by Gasteiger charge is 2.50. The van der Waals surface area contributed by atoms with E-state index in [1.54, 1.807) is 24.3 Å². The van der Waals surface area contributed by atoms with Crippen molar-refractivity contribution in [2.24, 2.45) is 17.8 Å². The second kappa shape index (κ2) is 7.23. The highest BCUT2D eigenvalue weighted by molar-refractivity contribution is 6.22. The van der Waals surface area contributed by atoms with E-state index in [2.05, 4.69) is 12.2 Å². The first-order valence-electron chi connectivity index (χ1n) is 9.80. The van der Waals surface area contributed by atoms with Crippen molar-refractivity contribution in [3.63, 3.8) is 0 Å². The molecular formula is C23H24N2O3. The number of anilines is 2. The molecule has 0 unspecified atom stereocenters. The van der Waals surface area contributed by atoms with Gasteiger partial charge < -0.3 is 5.32 Å². The normalized spacial score (nSPS) is 24.2. The zero-order valence-electron chi connectivity index (χ0n) is 16.1. The fourth-order valence-corrected chi connectivity index (χ4v) is 4.34. The SMILES string of the molecule is Cc1ccccc1NC(=O)c1cccc(N2C(=O)[C@H]3CC[C@H](C)C[C@H]3C2=O)c1. The molecule has 5 heteroatoms. The number of imide groups is 1. The predicted octanol–water partition coefficient (Wildman–Crippen LogP) is 4.17. The summed E-state index contributed by atoms with van der Waals surface area (Å²) < 4.78 is 0. The first-order valence-corrected chi connectivity index (χ1v) is 9.80. The molecule has 0 spiro atoms. The molecule has 1 N–H and O–H groups in total. The second-order valence-corrected chi connectivity index (χ2v) is 7.96. The molecule has 28 heavy (non-hydrogen) atoms. The van der Waals surface area contributed by atoms with Crippen LogP contribution in [0.4, 0.5) is 11.4 Å². The number of carbonyl (C=O) groups is 3. The van der Waals surface area contributed by atoms with Crippen molar-refractivity contribution in [3.8, 4) is 0 Å². The van der Waals surface area contributed by atoms with Crippen molar-refractivity contribution in [3.05, 3.63) is 59.7 Å². The van der Waals surface area contributed by atoms with Crippen LogP contribution in [0.2, 0.25) is 0 Å². The van der Waals surface area contributed by atoms with Gasteiger partial charge in [0.1, 0.15) is 0 Å². The van der Waals surface area contributed by atoms with Crippen LogP contribution in [0.5, 0.6) is 0 Å². The van der Waals surface area contributed by atoms with E-state index in [9.17, 15) is 14.4 Å². The predicted molar refractivity (Wildman–Crippen MR) is 108 cm³/mol. The Labute approximate surface area is 164 Å². The summed E-state index contributed by atoms with van der Waals surface area (Å²) in [6.45, 7) is 4.06. The molecule has 5 nitrogen and oxygen atoms in total. The van der Waals surface area contributed by atoms with E-state index in [0.29, 0.717) is 17.2 Å². The van der Waals surface area contributed by atoms with Crippen molar-refractivity contribution in [2.45, 2.75) is 33.1 Å². The molecule has 144 valence electrons. The van der Waals surface area contributed by atoms with E-state index in [0.717, 1.165) is 30.5 Å². The third kappa shape index (κ3) is 3.21. The number of hydrogen-bond donors (Lipinski definition) is 1. The molecule has 3 atom stereocenters. The number of amides is 3. The van der Waals surface area contributed by atoms with E-state index in [4.69, 9.17) is 0 Å². The maximum atomic E-state index is 12.9. The zero-order chi connectivity index (χ0) is 19.8. The summed E-state index contributed by atoms with van der Waals surface area (Å²) in [5.41, 5.74) is 2.61. The number of rotatable bonds is 3. The van der Waals surface area contributed by atoms with Crippen LogP contribution in [0, 0.1) is 24.7 Å². The fraction of sp³-hybridized carbons (Fsp3) is 0.348. The van der Waals surface area contributed by atoms with Crippen molar-refractivity contribution in [1.82, 2.24) is 0 Å². The van der Waals surface area contributed by atoms with Gasteiger partial charge >= 0.3 is 0 Å². The van der Waals surface area contributed by atoms with Gasteiger partial charge in [0.25, 0.3) is 5.91 Å². The Morgan fingerprint density at radius 1 is 1.00 bits per heavy atom. The van der Waals surface area contributed by atoms with Gasteiger partial charge in [0.2, 0.25) is 11.8 Å². The lowest BCUT2D eigenvalue weighted by Gasteiger charge is -2.25. The molecule has 4 rings (SSSR count). The van der Waals surface area contributed by atoms with Gasteiger partial charge in [0.15, 0.2) is 0 Å². The van der Waals surface area contributed by atoms with E-state index >= 15 is 0 Å². The topological polar surface area (TPSA) is 66.5 Å². The van der Waals surface area contributed by atoms with Crippen molar-refractivity contribution in [2.75, 3.05) is 10.2 Å². The molecule has 2 fully saturated rings. The molecule has 2 aromatic carbocycles. The van der Waals surface area contributed by atoms with Crippen molar-refractivity contribution in [1.29, 1.82) is 0 Å². The Morgan fingerprint density at radius 2 is 1.75 bits per heavy atom. The Hall–Kier alpha value is -2.95. The fourth-order valence-electron chi connectivity index (χ4n) is 4.34. The Kier molecular flexibility index (Phi) is 4.75. The maximum Gasteiger partial charge on any atom is 0.255 e. The van der Waals surface area contributed by atoms with Gasteiger partial charge in [0, 0.05) is 11.3 Å². The minimum absolute atomic E-state index is 0.127. The maximum absolute atomic E-state index is 12.9. The highest BCUT2D eigenvalue weighted by atomic mass is 16.2. The van der Waals surface area contributed by atoms with Crippen molar-refractivity contribution >= 4 is 29.1 Å². The molecule has 1 heterocycles. The quantitative estimate of drug-likeness (QED) is 0.818. The number of nitrogens with one attached hydrogen (secondary N) is 1. The van der Waals surface area contributed by atoms with E-state index in [-0.39, 0.29) is 29.6 Å². The average molecular weight is 376 g/mol. The van der Waals surface area contributed by atoms with Gasteiger partial charge in [-0.2, -0.15) is 0 Å². The molecule has 1 aliphatic carbocycles. The monoisotopic (exact) mass is 376 g/mol. The van der Waals surface area contributed by atoms with Crippen LogP contribution in [0.25, 0.3) is 0 Å². The molecular weight excluding hydrogens is 352 g/mol. The Morgan fingerprint density at radius 3 is 2.54 bits per heavy atom. The summed E-state index contributed by atoms with van der Waals surface area (Å²) in [6, 6.07) is 14.3. The van der Waals surface area contributed by atoms with Crippen LogP contribution >= 0.6 is 0 Å². The molecule has 2 aromatic rings. The molecule has 1 saturated heterocycles. The Bertz CT molecular complexity index is 952. The summed E-state index contributed by atoms with van der Waals surface area (Å²) in [5.74, 6) is -0.490. The third-order valence-electron chi connectivity index (χ3n) is 5.95. The molecule has 1 aliphatic heterocycles. The van der Waals surface area contributed by atoms with Gasteiger partial charge in [0.05, 0.1) is 17.5 Å². The first kappa shape index (κ1) is 18.4.